The van der Waals surface area contributed by atoms with Crippen molar-refractivity contribution >= 4 is 140 Å². The highest BCUT2D eigenvalue weighted by Gasteiger charge is 2.41. The molecule has 3 aliphatic heterocycles. The van der Waals surface area contributed by atoms with Gasteiger partial charge >= 0.3 is 0 Å². The second-order valence-electron chi connectivity index (χ2n) is 25.2. The van der Waals surface area contributed by atoms with Crippen molar-refractivity contribution in [1.29, 1.82) is 0 Å². The number of anilines is 6. The van der Waals surface area contributed by atoms with Gasteiger partial charge < -0.3 is 62.8 Å². The first kappa shape index (κ1) is 79.3. The van der Waals surface area contributed by atoms with Gasteiger partial charge in [0, 0.05) is 106 Å². The van der Waals surface area contributed by atoms with Gasteiger partial charge in [0.25, 0.3) is 35.4 Å². The molecule has 0 spiro atoms. The number of aromatic nitrogens is 12. The zero-order valence-electron chi connectivity index (χ0n) is 61.5. The quantitative estimate of drug-likeness (QED) is 0.0171. The summed E-state index contributed by atoms with van der Waals surface area (Å²) in [5, 5.41) is 9.15. The van der Waals surface area contributed by atoms with E-state index in [2.05, 4.69) is 132 Å². The first-order valence-electron chi connectivity index (χ1n) is 35.3. The van der Waals surface area contributed by atoms with Crippen molar-refractivity contribution in [2.45, 2.75) is 81.9 Å². The van der Waals surface area contributed by atoms with E-state index >= 15 is 0 Å². The summed E-state index contributed by atoms with van der Waals surface area (Å²) in [7, 11) is 0. The lowest BCUT2D eigenvalue weighted by atomic mass is 10.1. The molecule has 6 amide bonds. The topological polar surface area (TPSA) is 399 Å². The molecule has 9 aromatic heterocycles. The van der Waals surface area contributed by atoms with Crippen molar-refractivity contribution in [1.82, 2.24) is 90.5 Å². The van der Waals surface area contributed by atoms with Gasteiger partial charge in [0.1, 0.15) is 15.5 Å². The fourth-order valence-corrected chi connectivity index (χ4v) is 13.3. The maximum absolute atomic E-state index is 13.5. The third kappa shape index (κ3) is 18.2. The second-order valence-corrected chi connectivity index (χ2v) is 26.2. The maximum Gasteiger partial charge on any atom is 0.260 e. The zero-order chi connectivity index (χ0) is 77.5. The van der Waals surface area contributed by atoms with Gasteiger partial charge in [-0.3, -0.25) is 58.4 Å². The Balaban J connectivity index is 0.000000173. The van der Waals surface area contributed by atoms with Crippen LogP contribution in [-0.4, -0.2) is 188 Å². The maximum atomic E-state index is 13.5. The molecule has 0 fully saturated rings. The van der Waals surface area contributed by atoms with E-state index in [-0.39, 0.29) is 88.4 Å². The number of nitrogen functional groups attached to an aromatic ring is 3. The number of hydrogen-bond donors (Lipinski definition) is 9. The van der Waals surface area contributed by atoms with E-state index in [1.54, 1.807) is 79.9 Å². The van der Waals surface area contributed by atoms with Gasteiger partial charge in [0.05, 0.1) is 75.4 Å². The minimum absolute atomic E-state index is 0.0211. The predicted octanol–water partition coefficient (Wildman–Crippen LogP) is 8.71. The molecular weight excluding hydrogens is 1440 g/mol. The molecule has 30 nitrogen and oxygen atoms in total. The van der Waals surface area contributed by atoms with Crippen molar-refractivity contribution in [3.8, 4) is 0 Å². The number of carbonyl (C=O) groups excluding carboxylic acids is 6. The van der Waals surface area contributed by atoms with Crippen LogP contribution in [0, 0.1) is 20.8 Å². The lowest BCUT2D eigenvalue weighted by Crippen LogP contribution is -2.34. The minimum atomic E-state index is -0.309. The first-order chi connectivity index (χ1) is 52.0. The van der Waals surface area contributed by atoms with Crippen molar-refractivity contribution in [3.63, 3.8) is 0 Å². The highest BCUT2D eigenvalue weighted by atomic mass is 35.5. The van der Waals surface area contributed by atoms with Crippen LogP contribution in [-0.2, 0) is 34.0 Å². The average Bonchev–Trinajstić information content (AvgIpc) is 1.61. The molecule has 12 rings (SSSR count). The van der Waals surface area contributed by atoms with Crippen LogP contribution in [0.3, 0.4) is 0 Å². The van der Waals surface area contributed by atoms with Gasteiger partial charge in [-0.2, -0.15) is 15.0 Å². The smallest absolute Gasteiger partial charge is 0.260 e. The van der Waals surface area contributed by atoms with E-state index in [9.17, 15) is 28.8 Å². The van der Waals surface area contributed by atoms with Crippen LogP contribution >= 0.6 is 34.8 Å². The molecule has 0 unspecified atom stereocenters. The molecule has 12 heterocycles. The van der Waals surface area contributed by atoms with E-state index in [4.69, 9.17) is 52.0 Å². The molecule has 108 heavy (non-hydrogen) atoms. The summed E-state index contributed by atoms with van der Waals surface area (Å²) < 4.78 is 0. The van der Waals surface area contributed by atoms with E-state index in [0.717, 1.165) is 81.2 Å². The Kier molecular flexibility index (Phi) is 26.7. The summed E-state index contributed by atoms with van der Waals surface area (Å²) in [6.45, 7) is 28.3. The fourth-order valence-electron chi connectivity index (χ4n) is 12.5. The van der Waals surface area contributed by atoms with Gasteiger partial charge in [-0.25, -0.2) is 15.0 Å². The summed E-state index contributed by atoms with van der Waals surface area (Å²) in [5.74, 6) is -0.481. The van der Waals surface area contributed by atoms with Crippen molar-refractivity contribution in [2.24, 2.45) is 0 Å². The van der Waals surface area contributed by atoms with Crippen molar-refractivity contribution < 1.29 is 28.8 Å². The standard InChI is InChI=1S/3C25H29ClN8O2/c1-4-33(5-2)11-10-29-23(35)18-13-30-19(15(18)3)12-17-20-21(26)31-25(27)32-22(20)34(24(17)36)14-16-6-8-28-9-7-16;1-4-33(5-2)10-9-29-23(35)18-13-30-19(15(18)3)11-17-20-21(26)31-25(27)32-22(20)34(24(17)36)14-16-7-6-8-28-12-16;1-4-33(5-2)11-10-29-23(35)18-13-30-19(15(18)3)12-17-20-21(26)31-25(27)32-22(20)34(24(17)36)14-16-8-6-7-9-28-16/h6-9,12-13,30H,4-5,10-11,14H2,1-3H3,(H,29,35)(H2,27,31,32);6-8,11-13,30H,4-5,9-10,14H2,1-3H3,(H,29,35)(H2,27,31,32);6-9,12-13,30H,4-5,10-11,14H2,1-3H3,(H,29,35)(H2,27,31,32)/b17-12-;17-11-;17-12-. The molecule has 12 N–H and O–H groups in total. The van der Waals surface area contributed by atoms with Gasteiger partial charge in [0.2, 0.25) is 17.8 Å². The summed E-state index contributed by atoms with van der Waals surface area (Å²) in [6, 6.07) is 12.8. The minimum Gasteiger partial charge on any atom is -0.368 e. The highest BCUT2D eigenvalue weighted by molar-refractivity contribution is 6.43. The van der Waals surface area contributed by atoms with Gasteiger partial charge in [-0.1, -0.05) is 88.5 Å². The Morgan fingerprint density at radius 1 is 0.454 bits per heavy atom. The number of carbonyl (C=O) groups is 6. The molecule has 0 saturated carbocycles. The lowest BCUT2D eigenvalue weighted by molar-refractivity contribution is -0.113. The van der Waals surface area contributed by atoms with Crippen LogP contribution in [0.5, 0.6) is 0 Å². The Morgan fingerprint density at radius 2 is 0.815 bits per heavy atom. The number of rotatable bonds is 27. The van der Waals surface area contributed by atoms with Crippen LogP contribution in [0.2, 0.25) is 15.5 Å². The van der Waals surface area contributed by atoms with Gasteiger partial charge in [-0.15, -0.1) is 0 Å². The number of nitrogens with zero attached hydrogens (tertiary/aromatic N) is 15. The molecular formula is C75H87Cl3N24O6. The van der Waals surface area contributed by atoms with E-state index in [1.807, 2.05) is 51.1 Å². The number of amides is 6. The number of H-pyrrole nitrogens is 3. The van der Waals surface area contributed by atoms with Gasteiger partial charge in [-0.05, 0) is 136 Å². The number of hydrogen-bond acceptors (Lipinski definition) is 21. The average molecular weight is 1530 g/mol. The lowest BCUT2D eigenvalue weighted by Gasteiger charge is -2.17. The summed E-state index contributed by atoms with van der Waals surface area (Å²) >= 11 is 19.3. The Hall–Kier alpha value is -11.3. The second kappa shape index (κ2) is 36.3. The monoisotopic (exact) mass is 1520 g/mol. The first-order valence-corrected chi connectivity index (χ1v) is 36.5. The molecule has 33 heteroatoms. The molecule has 0 saturated heterocycles. The number of nitrogens with two attached hydrogens (primary N) is 3. The normalized spacial score (nSPS) is 14.1. The van der Waals surface area contributed by atoms with E-state index < -0.39 is 0 Å². The van der Waals surface area contributed by atoms with Crippen LogP contribution in [0.4, 0.5) is 35.3 Å². The summed E-state index contributed by atoms with van der Waals surface area (Å²) in [5.41, 5.74) is 27.6. The molecule has 0 aromatic carbocycles. The molecule has 564 valence electrons. The molecule has 0 radical (unpaired) electrons. The summed E-state index contributed by atoms with van der Waals surface area (Å²) in [6.07, 6.45) is 18.3. The number of nitrogens with one attached hydrogen (secondary N) is 6. The number of fused-ring (bicyclic) bond motifs is 3. The third-order valence-electron chi connectivity index (χ3n) is 18.8. The van der Waals surface area contributed by atoms with Gasteiger partial charge in [0.15, 0.2) is 17.5 Å². The van der Waals surface area contributed by atoms with Crippen LogP contribution in [0.1, 0.15) is 140 Å². The van der Waals surface area contributed by atoms with Crippen molar-refractivity contribution in [2.75, 3.05) is 110 Å². The van der Waals surface area contributed by atoms with E-state index in [0.29, 0.717) is 116 Å². The zero-order valence-corrected chi connectivity index (χ0v) is 63.8. The molecule has 3 aliphatic rings. The van der Waals surface area contributed by atoms with Crippen LogP contribution < -0.4 is 47.9 Å². The SMILES string of the molecule is CCN(CC)CCNC(=O)c1c[nH]c(/C=C2\C(=O)N(Cc3ccccn3)c3nc(N)nc(Cl)c32)c1C.CCN(CC)CCNC(=O)c1c[nH]c(/C=C2\C(=O)N(Cc3cccnc3)c3nc(N)nc(Cl)c32)c1C.CCN(CC)CCNC(=O)c1c[nH]c(/C=C2\C(=O)N(Cc3ccncc3)c3nc(N)nc(Cl)c32)c1C. The Labute approximate surface area is 640 Å². The Bertz CT molecular complexity index is 4380. The fraction of sp³-hybridized carbons (Fsp3) is 0.320. The predicted molar refractivity (Wildman–Crippen MR) is 421 cm³/mol. The molecule has 0 bridgehead atoms. The van der Waals surface area contributed by atoms with Crippen LogP contribution in [0.25, 0.3) is 34.9 Å². The molecule has 9 aromatic rings. The number of likely N-dealkylation sites (N-methyl/N-ethyl adjacent to an activating group) is 3. The Morgan fingerprint density at radius 3 is 1.15 bits per heavy atom. The molecule has 0 aliphatic carbocycles. The number of halogens is 3. The number of pyridine rings is 3. The summed E-state index contributed by atoms with van der Waals surface area (Å²) in [4.78, 5) is 137. The third-order valence-corrected chi connectivity index (χ3v) is 19.6. The molecule has 0 atom stereocenters. The number of aromatic amines is 3. The van der Waals surface area contributed by atoms with Crippen molar-refractivity contribution in [3.05, 3.63) is 191 Å². The van der Waals surface area contributed by atoms with E-state index in [1.165, 1.54) is 14.7 Å². The van der Waals surface area contributed by atoms with Crippen LogP contribution in [0.15, 0.2) is 92.0 Å². The highest BCUT2D eigenvalue weighted by Crippen LogP contribution is 2.45. The largest absolute Gasteiger partial charge is 0.368 e.